The Kier molecular flexibility index (Phi) is 4.79. The minimum atomic E-state index is -1.25. The molecule has 0 aliphatic heterocycles. The Morgan fingerprint density at radius 1 is 1.40 bits per heavy atom. The zero-order valence-electron chi connectivity index (χ0n) is 12.0. The molecule has 6 heteroatoms. The minimum absolute atomic E-state index is 0.348. The van der Waals surface area contributed by atoms with Gasteiger partial charge in [-0.25, -0.2) is 4.39 Å². The van der Waals surface area contributed by atoms with Crippen molar-refractivity contribution in [1.82, 2.24) is 9.71 Å². The van der Waals surface area contributed by atoms with Crippen molar-refractivity contribution >= 4 is 27.3 Å². The standard InChI is InChI=1S/C14H20BrFN2OS/c1-13(2,3)20(19)18-14(6-4-5-7-14)12-11(16)8-10(15)9-17-12/h8-9,18H,4-7H2,1-3H3. The van der Waals surface area contributed by atoms with Crippen molar-refractivity contribution in [2.24, 2.45) is 0 Å². The number of pyridine rings is 1. The Bertz CT molecular complexity index is 487. The van der Waals surface area contributed by atoms with Crippen LogP contribution in [0.5, 0.6) is 0 Å². The van der Waals surface area contributed by atoms with Gasteiger partial charge in [-0.05, 0) is 55.6 Å². The molecule has 0 radical (unpaired) electrons. The van der Waals surface area contributed by atoms with Crippen LogP contribution in [0.1, 0.15) is 52.1 Å². The average Bonchev–Trinajstić information content (AvgIpc) is 2.77. The lowest BCUT2D eigenvalue weighted by atomic mass is 9.94. The quantitative estimate of drug-likeness (QED) is 0.831. The lowest BCUT2D eigenvalue weighted by Gasteiger charge is -2.34. The Labute approximate surface area is 131 Å². The molecule has 1 aliphatic carbocycles. The third-order valence-electron chi connectivity index (χ3n) is 3.56. The van der Waals surface area contributed by atoms with Crippen molar-refractivity contribution in [2.75, 3.05) is 0 Å². The fourth-order valence-corrected chi connectivity index (χ4v) is 3.73. The van der Waals surface area contributed by atoms with E-state index in [1.165, 1.54) is 6.07 Å². The van der Waals surface area contributed by atoms with Crippen LogP contribution in [0.25, 0.3) is 0 Å². The highest BCUT2D eigenvalue weighted by atomic mass is 79.9. The fraction of sp³-hybridized carbons (Fsp3) is 0.643. The number of nitrogens with one attached hydrogen (secondary N) is 1. The maximum absolute atomic E-state index is 14.3. The molecule has 1 unspecified atom stereocenters. The third kappa shape index (κ3) is 3.35. The molecule has 0 bridgehead atoms. The van der Waals surface area contributed by atoms with Crippen LogP contribution in [0.3, 0.4) is 0 Å². The molecule has 2 rings (SSSR count). The number of aromatic nitrogens is 1. The van der Waals surface area contributed by atoms with E-state index in [9.17, 15) is 8.94 Å². The Hall–Kier alpha value is -0.170. The molecule has 1 saturated carbocycles. The van der Waals surface area contributed by atoms with Gasteiger partial charge in [-0.1, -0.05) is 12.8 Å². The summed E-state index contributed by atoms with van der Waals surface area (Å²) in [6.07, 6.45) is 5.11. The second kappa shape index (κ2) is 5.91. The predicted octanol–water partition coefficient (Wildman–Crippen LogP) is 3.80. The van der Waals surface area contributed by atoms with Gasteiger partial charge in [-0.15, -0.1) is 4.72 Å². The van der Waals surface area contributed by atoms with Crippen molar-refractivity contribution in [3.8, 4) is 0 Å². The first-order valence-electron chi connectivity index (χ1n) is 6.76. The maximum Gasteiger partial charge on any atom is 0.147 e. The Morgan fingerprint density at radius 3 is 2.50 bits per heavy atom. The number of hydrogen-bond donors (Lipinski definition) is 1. The second-order valence-electron chi connectivity index (χ2n) is 6.26. The molecular formula is C14H20BrFN2OS. The van der Waals surface area contributed by atoms with Gasteiger partial charge in [-0.2, -0.15) is 0 Å². The molecule has 0 saturated heterocycles. The first-order chi connectivity index (χ1) is 9.24. The summed E-state index contributed by atoms with van der Waals surface area (Å²) in [7, 11) is 0. The largest absolute Gasteiger partial charge is 0.598 e. The highest BCUT2D eigenvalue weighted by Crippen LogP contribution is 2.40. The summed E-state index contributed by atoms with van der Waals surface area (Å²) in [6.45, 7) is 5.72. The van der Waals surface area contributed by atoms with E-state index < -0.39 is 16.9 Å². The molecule has 0 spiro atoms. The summed E-state index contributed by atoms with van der Waals surface area (Å²) >= 11 is 1.97. The molecule has 1 aromatic heterocycles. The van der Waals surface area contributed by atoms with E-state index in [2.05, 4.69) is 25.6 Å². The molecule has 0 aromatic carbocycles. The van der Waals surface area contributed by atoms with Crippen LogP contribution in [-0.2, 0) is 16.9 Å². The van der Waals surface area contributed by atoms with Gasteiger partial charge >= 0.3 is 0 Å². The third-order valence-corrected chi connectivity index (χ3v) is 5.68. The summed E-state index contributed by atoms with van der Waals surface area (Å²) in [5.74, 6) is -0.348. The van der Waals surface area contributed by atoms with Crippen LogP contribution in [0.15, 0.2) is 16.7 Å². The van der Waals surface area contributed by atoms with Gasteiger partial charge in [-0.3, -0.25) is 4.98 Å². The molecule has 1 heterocycles. The van der Waals surface area contributed by atoms with Gasteiger partial charge in [0.2, 0.25) is 0 Å². The zero-order valence-corrected chi connectivity index (χ0v) is 14.4. The summed E-state index contributed by atoms with van der Waals surface area (Å²) < 4.78 is 30.1. The first-order valence-corrected chi connectivity index (χ1v) is 8.70. The van der Waals surface area contributed by atoms with Crippen LogP contribution in [0.2, 0.25) is 0 Å². The first kappa shape index (κ1) is 16.2. The molecule has 20 heavy (non-hydrogen) atoms. The van der Waals surface area contributed by atoms with E-state index in [0.29, 0.717) is 10.2 Å². The molecule has 1 aromatic rings. The molecule has 3 nitrogen and oxygen atoms in total. The van der Waals surface area contributed by atoms with Crippen molar-refractivity contribution in [3.63, 3.8) is 0 Å². The molecular weight excluding hydrogens is 343 g/mol. The number of rotatable bonds is 3. The normalized spacial score (nSPS) is 20.1. The fourth-order valence-electron chi connectivity index (χ4n) is 2.46. The minimum Gasteiger partial charge on any atom is -0.598 e. The van der Waals surface area contributed by atoms with Gasteiger partial charge in [0.15, 0.2) is 0 Å². The predicted molar refractivity (Wildman–Crippen MR) is 83.1 cm³/mol. The molecule has 1 aliphatic rings. The lowest BCUT2D eigenvalue weighted by Crippen LogP contribution is -2.50. The van der Waals surface area contributed by atoms with Gasteiger partial charge < -0.3 is 4.55 Å². The van der Waals surface area contributed by atoms with Crippen molar-refractivity contribution in [3.05, 3.63) is 28.2 Å². The van der Waals surface area contributed by atoms with Gasteiger partial charge in [0.1, 0.15) is 21.8 Å². The van der Waals surface area contributed by atoms with Crippen LogP contribution >= 0.6 is 15.9 Å². The smallest absolute Gasteiger partial charge is 0.147 e. The molecule has 1 fully saturated rings. The Balaban J connectivity index is 2.35. The number of halogens is 2. The summed E-state index contributed by atoms with van der Waals surface area (Å²) in [5, 5.41) is 0. The highest BCUT2D eigenvalue weighted by molar-refractivity contribution is 9.10. The molecule has 112 valence electrons. The van der Waals surface area contributed by atoms with E-state index >= 15 is 0 Å². The van der Waals surface area contributed by atoms with Gasteiger partial charge in [0.05, 0.1) is 0 Å². The van der Waals surface area contributed by atoms with Crippen LogP contribution in [-0.4, -0.2) is 14.3 Å². The average molecular weight is 363 g/mol. The lowest BCUT2D eigenvalue weighted by molar-refractivity contribution is 0.367. The van der Waals surface area contributed by atoms with Gasteiger partial charge in [0.25, 0.3) is 0 Å². The summed E-state index contributed by atoms with van der Waals surface area (Å²) in [6, 6.07) is 1.42. The van der Waals surface area contributed by atoms with Crippen molar-refractivity contribution < 1.29 is 8.94 Å². The SMILES string of the molecule is CC(C)(C)[S+]([O-])NC1(c2ncc(Br)cc2F)CCCC1. The second-order valence-corrected chi connectivity index (χ2v) is 9.14. The van der Waals surface area contributed by atoms with Gasteiger partial charge in [0, 0.05) is 22.0 Å². The van der Waals surface area contributed by atoms with Crippen LogP contribution < -0.4 is 4.72 Å². The molecule has 1 atom stereocenters. The topological polar surface area (TPSA) is 48.0 Å². The number of nitrogens with zero attached hydrogens (tertiary/aromatic N) is 1. The monoisotopic (exact) mass is 362 g/mol. The molecule has 0 amide bonds. The highest BCUT2D eigenvalue weighted by Gasteiger charge is 2.45. The van der Waals surface area contributed by atoms with Crippen LogP contribution in [0, 0.1) is 5.82 Å². The Morgan fingerprint density at radius 2 is 2.00 bits per heavy atom. The summed E-state index contributed by atoms with van der Waals surface area (Å²) in [5.41, 5.74) is -0.223. The van der Waals surface area contributed by atoms with E-state index in [1.54, 1.807) is 6.20 Å². The van der Waals surface area contributed by atoms with E-state index in [0.717, 1.165) is 25.7 Å². The van der Waals surface area contributed by atoms with E-state index in [-0.39, 0.29) is 10.6 Å². The summed E-state index contributed by atoms with van der Waals surface area (Å²) in [4.78, 5) is 4.25. The van der Waals surface area contributed by atoms with Crippen LogP contribution in [0.4, 0.5) is 4.39 Å². The zero-order chi connectivity index (χ0) is 15.0. The maximum atomic E-state index is 14.3. The molecule has 1 N–H and O–H groups in total. The van der Waals surface area contributed by atoms with Crippen molar-refractivity contribution in [2.45, 2.75) is 56.7 Å². The van der Waals surface area contributed by atoms with E-state index in [1.807, 2.05) is 20.8 Å². The van der Waals surface area contributed by atoms with Crippen molar-refractivity contribution in [1.29, 1.82) is 0 Å². The van der Waals surface area contributed by atoms with E-state index in [4.69, 9.17) is 0 Å². The number of hydrogen-bond acceptors (Lipinski definition) is 3.